The van der Waals surface area contributed by atoms with Crippen molar-refractivity contribution in [3.05, 3.63) is 48.0 Å². The highest BCUT2D eigenvalue weighted by Crippen LogP contribution is 2.35. The monoisotopic (exact) mass is 437 g/mol. The average molecular weight is 438 g/mol. The average Bonchev–Trinajstić information content (AvgIpc) is 2.75. The molecule has 30 heavy (non-hydrogen) atoms. The van der Waals surface area contributed by atoms with E-state index in [1.807, 2.05) is 19.9 Å². The Kier molecular flexibility index (Phi) is 7.31. The summed E-state index contributed by atoms with van der Waals surface area (Å²) in [6.45, 7) is 8.94. The van der Waals surface area contributed by atoms with Crippen LogP contribution in [0.5, 0.6) is 0 Å². The second-order valence-corrected chi connectivity index (χ2v) is 9.37. The number of hydrogen-bond acceptors (Lipinski definition) is 5. The van der Waals surface area contributed by atoms with E-state index in [0.29, 0.717) is 18.8 Å². The van der Waals surface area contributed by atoms with Crippen molar-refractivity contribution in [3.8, 4) is 0 Å². The molecule has 3 rings (SSSR count). The zero-order chi connectivity index (χ0) is 21.7. The first-order valence-electron chi connectivity index (χ1n) is 10.4. The number of halogens is 2. The molecule has 2 aromatic rings. The molecule has 0 spiro atoms. The third-order valence-electron chi connectivity index (χ3n) is 5.24. The summed E-state index contributed by atoms with van der Waals surface area (Å²) < 4.78 is 53.9. The van der Waals surface area contributed by atoms with Gasteiger partial charge in [-0.05, 0) is 49.2 Å². The van der Waals surface area contributed by atoms with Gasteiger partial charge in [0, 0.05) is 45.0 Å². The minimum absolute atomic E-state index is 0.120. The molecule has 2 aromatic carbocycles. The fourth-order valence-electron chi connectivity index (χ4n) is 3.76. The van der Waals surface area contributed by atoms with Gasteiger partial charge in [-0.2, -0.15) is 0 Å². The van der Waals surface area contributed by atoms with E-state index >= 15 is 0 Å². The fourth-order valence-corrected chi connectivity index (χ4v) is 5.23. The highest BCUT2D eigenvalue weighted by Gasteiger charge is 2.26. The van der Waals surface area contributed by atoms with Crippen molar-refractivity contribution < 1.29 is 17.2 Å². The summed E-state index contributed by atoms with van der Waals surface area (Å²) in [5, 5.41) is 3.32. The molecule has 5 nitrogen and oxygen atoms in total. The maximum atomic E-state index is 13.8. The standard InChI is InChI=1S/C22H29F2N3O2S/c1-3-11-27(12-4-2)21-15-17(26-13-9-25-10-14-26)5-8-22(21)30(28,29)18-6-7-19(23)20(24)16-18/h5-8,15-16,25H,3-4,9-14H2,1-2H3. The normalized spacial score (nSPS) is 14.7. The number of rotatable bonds is 8. The second kappa shape index (κ2) is 9.75. The van der Waals surface area contributed by atoms with Crippen molar-refractivity contribution in [1.82, 2.24) is 5.32 Å². The van der Waals surface area contributed by atoms with E-state index in [2.05, 4.69) is 15.1 Å². The van der Waals surface area contributed by atoms with Gasteiger partial charge in [0.05, 0.1) is 15.5 Å². The molecule has 1 heterocycles. The molecule has 1 aliphatic heterocycles. The van der Waals surface area contributed by atoms with Crippen LogP contribution < -0.4 is 15.1 Å². The van der Waals surface area contributed by atoms with Gasteiger partial charge in [-0.25, -0.2) is 17.2 Å². The van der Waals surface area contributed by atoms with E-state index in [1.54, 1.807) is 12.1 Å². The van der Waals surface area contributed by atoms with E-state index in [4.69, 9.17) is 0 Å². The first-order chi connectivity index (χ1) is 14.4. The Morgan fingerprint density at radius 1 is 0.967 bits per heavy atom. The van der Waals surface area contributed by atoms with E-state index in [-0.39, 0.29) is 9.79 Å². The predicted molar refractivity (Wildman–Crippen MR) is 116 cm³/mol. The van der Waals surface area contributed by atoms with E-state index in [9.17, 15) is 17.2 Å². The Bertz CT molecular complexity index is 970. The number of piperazine rings is 1. The Morgan fingerprint density at radius 3 is 2.23 bits per heavy atom. The molecule has 0 atom stereocenters. The SMILES string of the molecule is CCCN(CCC)c1cc(N2CCNCC2)ccc1S(=O)(=O)c1ccc(F)c(F)c1. The maximum absolute atomic E-state index is 13.8. The molecule has 0 bridgehead atoms. The van der Waals surface area contributed by atoms with Gasteiger partial charge in [-0.1, -0.05) is 13.8 Å². The summed E-state index contributed by atoms with van der Waals surface area (Å²) in [7, 11) is -4.02. The van der Waals surface area contributed by atoms with Crippen LogP contribution in [0.25, 0.3) is 0 Å². The Labute approximate surface area is 177 Å². The number of sulfone groups is 1. The summed E-state index contributed by atoms with van der Waals surface area (Å²) in [6.07, 6.45) is 1.73. The van der Waals surface area contributed by atoms with E-state index in [1.165, 1.54) is 0 Å². The van der Waals surface area contributed by atoms with Crippen LogP contribution in [0.2, 0.25) is 0 Å². The number of nitrogens with zero attached hydrogens (tertiary/aromatic N) is 2. The minimum atomic E-state index is -4.02. The topological polar surface area (TPSA) is 52.6 Å². The van der Waals surface area contributed by atoms with Crippen LogP contribution in [0.1, 0.15) is 26.7 Å². The Balaban J connectivity index is 2.12. The largest absolute Gasteiger partial charge is 0.370 e. The van der Waals surface area contributed by atoms with E-state index in [0.717, 1.165) is 62.9 Å². The van der Waals surface area contributed by atoms with Crippen molar-refractivity contribution >= 4 is 21.2 Å². The minimum Gasteiger partial charge on any atom is -0.370 e. The Hall–Kier alpha value is -2.19. The summed E-state index contributed by atoms with van der Waals surface area (Å²) in [5.74, 6) is -2.24. The van der Waals surface area contributed by atoms with Crippen LogP contribution in [0, 0.1) is 11.6 Å². The molecule has 0 radical (unpaired) electrons. The third kappa shape index (κ3) is 4.75. The lowest BCUT2D eigenvalue weighted by Crippen LogP contribution is -2.43. The molecule has 0 amide bonds. The quantitative estimate of drug-likeness (QED) is 0.636. The third-order valence-corrected chi connectivity index (χ3v) is 7.04. The van der Waals surface area contributed by atoms with Gasteiger partial charge >= 0.3 is 0 Å². The van der Waals surface area contributed by atoms with Crippen LogP contribution in [0.3, 0.4) is 0 Å². The lowest BCUT2D eigenvalue weighted by molar-refractivity contribution is 0.504. The van der Waals surface area contributed by atoms with Crippen LogP contribution >= 0.6 is 0 Å². The summed E-state index contributed by atoms with van der Waals surface area (Å²) in [6, 6.07) is 8.05. The highest BCUT2D eigenvalue weighted by atomic mass is 32.2. The van der Waals surface area contributed by atoms with Gasteiger partial charge in [0.25, 0.3) is 0 Å². The number of nitrogens with one attached hydrogen (secondary N) is 1. The second-order valence-electron chi connectivity index (χ2n) is 7.46. The molecular weight excluding hydrogens is 408 g/mol. The van der Waals surface area contributed by atoms with Crippen molar-refractivity contribution in [3.63, 3.8) is 0 Å². The molecular formula is C22H29F2N3O2S. The summed E-state index contributed by atoms with van der Waals surface area (Å²) >= 11 is 0. The van der Waals surface area contributed by atoms with Crippen LogP contribution in [-0.2, 0) is 9.84 Å². The van der Waals surface area contributed by atoms with Crippen molar-refractivity contribution in [2.45, 2.75) is 36.5 Å². The molecule has 0 saturated carbocycles. The maximum Gasteiger partial charge on any atom is 0.208 e. The fraction of sp³-hybridized carbons (Fsp3) is 0.455. The van der Waals surface area contributed by atoms with Crippen LogP contribution in [0.15, 0.2) is 46.2 Å². The van der Waals surface area contributed by atoms with Crippen LogP contribution in [0.4, 0.5) is 20.2 Å². The predicted octanol–water partition coefficient (Wildman–Crippen LogP) is 3.83. The molecule has 1 N–H and O–H groups in total. The number of hydrogen-bond donors (Lipinski definition) is 1. The van der Waals surface area contributed by atoms with Crippen molar-refractivity contribution in [1.29, 1.82) is 0 Å². The number of anilines is 2. The van der Waals surface area contributed by atoms with Gasteiger partial charge in [-0.3, -0.25) is 0 Å². The molecule has 1 fully saturated rings. The van der Waals surface area contributed by atoms with Crippen LogP contribution in [-0.4, -0.2) is 47.7 Å². The zero-order valence-electron chi connectivity index (χ0n) is 17.5. The molecule has 0 aliphatic carbocycles. The molecule has 0 unspecified atom stereocenters. The van der Waals surface area contributed by atoms with Crippen molar-refractivity contribution in [2.24, 2.45) is 0 Å². The molecule has 1 saturated heterocycles. The smallest absolute Gasteiger partial charge is 0.208 e. The molecule has 8 heteroatoms. The van der Waals surface area contributed by atoms with Gasteiger partial charge < -0.3 is 15.1 Å². The van der Waals surface area contributed by atoms with Gasteiger partial charge in [0.2, 0.25) is 9.84 Å². The zero-order valence-corrected chi connectivity index (χ0v) is 18.3. The molecule has 164 valence electrons. The van der Waals surface area contributed by atoms with Gasteiger partial charge in [-0.15, -0.1) is 0 Å². The molecule has 1 aliphatic rings. The lowest BCUT2D eigenvalue weighted by atomic mass is 10.2. The summed E-state index contributed by atoms with van der Waals surface area (Å²) in [5.41, 5.74) is 1.58. The summed E-state index contributed by atoms with van der Waals surface area (Å²) in [4.78, 5) is 4.17. The molecule has 0 aromatic heterocycles. The highest BCUT2D eigenvalue weighted by molar-refractivity contribution is 7.91. The lowest BCUT2D eigenvalue weighted by Gasteiger charge is -2.32. The van der Waals surface area contributed by atoms with Crippen molar-refractivity contribution in [2.75, 3.05) is 49.1 Å². The van der Waals surface area contributed by atoms with E-state index < -0.39 is 21.5 Å². The first-order valence-corrected chi connectivity index (χ1v) is 11.9. The number of benzene rings is 2. The first kappa shape index (κ1) is 22.5. The van der Waals surface area contributed by atoms with Gasteiger partial charge in [0.1, 0.15) is 0 Å². The Morgan fingerprint density at radius 2 is 1.63 bits per heavy atom. The van der Waals surface area contributed by atoms with Gasteiger partial charge in [0.15, 0.2) is 11.6 Å².